The van der Waals surface area contributed by atoms with Crippen LogP contribution >= 0.6 is 0 Å². The summed E-state index contributed by atoms with van der Waals surface area (Å²) in [6, 6.07) is 46.1. The van der Waals surface area contributed by atoms with Crippen LogP contribution in [0.25, 0.3) is 22.3 Å². The standard InChI is InChI=1S/C59H69BN4O/c1-4-15-36(16-5-1)39-33-40(37-17-6-2-7-18-37)35-41(34-39)60-47-30-27-38-19-14-25-50-53(38)56(47)64(51-32-29-46-44-23-11-13-26-52(44)65-58(46)54(51)60)59-61-48-31-28-45-43-22-10-12-24-49(43)62(42-20-8-3-9-21-42)55(45)57(48)63(50)59/h1-9,15-18,20-21,33-35,38,43-58H,10-14,19,22-32H2. The quantitative estimate of drug-likeness (QED) is 0.191. The van der Waals surface area contributed by atoms with Gasteiger partial charge in [0.15, 0.2) is 12.7 Å². The van der Waals surface area contributed by atoms with Gasteiger partial charge in [-0.25, -0.2) is 4.99 Å². The van der Waals surface area contributed by atoms with Crippen LogP contribution in [-0.4, -0.2) is 77.0 Å². The number of nitrogens with zero attached hydrogens (tertiary/aromatic N) is 4. The third-order valence-electron chi connectivity index (χ3n) is 21.0. The van der Waals surface area contributed by atoms with Crippen LogP contribution in [0.3, 0.4) is 0 Å². The summed E-state index contributed by atoms with van der Waals surface area (Å²) in [5.41, 5.74) is 8.54. The molecule has 5 heterocycles. The van der Waals surface area contributed by atoms with E-state index in [1.54, 1.807) is 5.46 Å². The van der Waals surface area contributed by atoms with Crippen LogP contribution in [0.2, 0.25) is 11.6 Å². The lowest BCUT2D eigenvalue weighted by Gasteiger charge is -2.68. The summed E-state index contributed by atoms with van der Waals surface area (Å²) in [6.45, 7) is 0.482. The van der Waals surface area contributed by atoms with Crippen molar-refractivity contribution in [3.8, 4) is 22.3 Å². The molecule has 0 aromatic heterocycles. The predicted molar refractivity (Wildman–Crippen MR) is 265 cm³/mol. The van der Waals surface area contributed by atoms with Gasteiger partial charge in [0.25, 0.3) is 0 Å². The average molecular weight is 861 g/mol. The molecule has 6 saturated carbocycles. The third-order valence-corrected chi connectivity index (χ3v) is 21.0. The number of aliphatic imine (C=N–C) groups is 1. The molecule has 4 aromatic carbocycles. The smallest absolute Gasteiger partial charge is 0.198 e. The molecule has 17 unspecified atom stereocenters. The Morgan fingerprint density at radius 2 is 1.15 bits per heavy atom. The van der Waals surface area contributed by atoms with E-state index in [1.807, 2.05) is 0 Å². The van der Waals surface area contributed by atoms with Crippen molar-refractivity contribution in [1.82, 2.24) is 9.80 Å². The lowest BCUT2D eigenvalue weighted by atomic mass is 9.22. The highest BCUT2D eigenvalue weighted by Crippen LogP contribution is 2.64. The molecule has 5 nitrogen and oxygen atoms in total. The van der Waals surface area contributed by atoms with Gasteiger partial charge < -0.3 is 19.4 Å². The Morgan fingerprint density at radius 3 is 1.94 bits per heavy atom. The first kappa shape index (κ1) is 39.0. The maximum Gasteiger partial charge on any atom is 0.198 e. The number of para-hydroxylation sites is 1. The lowest BCUT2D eigenvalue weighted by Crippen LogP contribution is -2.78. The topological polar surface area (TPSA) is 31.3 Å². The van der Waals surface area contributed by atoms with Gasteiger partial charge in [-0.15, -0.1) is 0 Å². The highest BCUT2D eigenvalue weighted by molar-refractivity contribution is 6.77. The van der Waals surface area contributed by atoms with E-state index in [0.717, 1.165) is 23.7 Å². The Bertz CT molecular complexity index is 2390. The van der Waals surface area contributed by atoms with E-state index in [0.29, 0.717) is 84.7 Å². The fraction of sp³-hybridized carbons (Fsp3) is 0.576. The molecule has 0 bridgehead atoms. The van der Waals surface area contributed by atoms with Crippen molar-refractivity contribution in [2.75, 3.05) is 4.90 Å². The van der Waals surface area contributed by atoms with Crippen LogP contribution in [0.15, 0.2) is 114 Å². The second-order valence-corrected chi connectivity index (χ2v) is 23.4. The van der Waals surface area contributed by atoms with Crippen LogP contribution in [0.4, 0.5) is 5.69 Å². The summed E-state index contributed by atoms with van der Waals surface area (Å²) >= 11 is 0. The van der Waals surface area contributed by atoms with Gasteiger partial charge in [0, 0.05) is 35.8 Å². The summed E-state index contributed by atoms with van der Waals surface area (Å²) < 4.78 is 7.71. The summed E-state index contributed by atoms with van der Waals surface area (Å²) in [5, 5.41) is 0. The third kappa shape index (κ3) is 5.77. The number of anilines is 1. The van der Waals surface area contributed by atoms with Gasteiger partial charge in [-0.3, -0.25) is 0 Å². The Hall–Kier alpha value is -4.03. The first-order valence-electron chi connectivity index (χ1n) is 27.2. The molecule has 6 heteroatoms. The van der Waals surface area contributed by atoms with Crippen LogP contribution in [0.1, 0.15) is 109 Å². The van der Waals surface area contributed by atoms with Crippen LogP contribution in [0.5, 0.6) is 0 Å². The fourth-order valence-electron chi connectivity index (χ4n) is 19.0. The van der Waals surface area contributed by atoms with E-state index in [1.165, 1.54) is 143 Å². The summed E-state index contributed by atoms with van der Waals surface area (Å²) in [4.78, 5) is 15.7. The fourth-order valence-corrected chi connectivity index (χ4v) is 19.0. The van der Waals surface area contributed by atoms with Crippen molar-refractivity contribution in [2.24, 2.45) is 40.5 Å². The van der Waals surface area contributed by atoms with Crippen molar-refractivity contribution >= 4 is 23.8 Å². The largest absolute Gasteiger partial charge is 0.375 e. The van der Waals surface area contributed by atoms with Gasteiger partial charge in [-0.1, -0.05) is 141 Å². The van der Waals surface area contributed by atoms with Gasteiger partial charge in [-0.05, 0) is 146 Å². The Kier molecular flexibility index (Phi) is 9.15. The Morgan fingerprint density at radius 1 is 0.477 bits per heavy atom. The monoisotopic (exact) mass is 861 g/mol. The minimum atomic E-state index is 0.337. The van der Waals surface area contributed by atoms with E-state index in [-0.39, 0.29) is 0 Å². The van der Waals surface area contributed by atoms with Gasteiger partial charge >= 0.3 is 0 Å². The Labute approximate surface area is 388 Å². The first-order valence-corrected chi connectivity index (χ1v) is 27.2. The second-order valence-electron chi connectivity index (χ2n) is 23.4. The molecule has 0 amide bonds. The minimum absolute atomic E-state index is 0.337. The SMILES string of the molecule is c1ccc(-c2cc(B3C4CCC5CCCC6C5C4N(C4=NC5CCC7C8CCCCC8N(c8ccccc8)C7C5N46)C4CCC5C6CCCCC6OC5C34)cc(-c3ccccc3)c2)cc1. The van der Waals surface area contributed by atoms with Gasteiger partial charge in [0.2, 0.25) is 0 Å². The molecule has 0 radical (unpaired) electrons. The zero-order chi connectivity index (χ0) is 42.3. The van der Waals surface area contributed by atoms with Crippen LogP contribution in [0, 0.1) is 35.5 Å². The molecule has 0 spiro atoms. The molecular formula is C59H69BN4O. The average Bonchev–Trinajstić information content (AvgIpc) is 4.06. The zero-order valence-electron chi connectivity index (χ0n) is 38.5. The highest BCUT2D eigenvalue weighted by Gasteiger charge is 2.70. The van der Waals surface area contributed by atoms with E-state index in [9.17, 15) is 0 Å². The van der Waals surface area contributed by atoms with E-state index in [4.69, 9.17) is 9.73 Å². The molecule has 65 heavy (non-hydrogen) atoms. The van der Waals surface area contributed by atoms with Gasteiger partial charge in [0.05, 0.1) is 30.3 Å². The predicted octanol–water partition coefficient (Wildman–Crippen LogP) is 11.7. The molecule has 4 aromatic rings. The van der Waals surface area contributed by atoms with Crippen molar-refractivity contribution in [3.63, 3.8) is 0 Å². The molecule has 11 aliphatic rings. The van der Waals surface area contributed by atoms with Crippen molar-refractivity contribution in [2.45, 2.75) is 175 Å². The Balaban J connectivity index is 0.898. The van der Waals surface area contributed by atoms with Crippen molar-refractivity contribution in [1.29, 1.82) is 0 Å². The van der Waals surface area contributed by atoms with E-state index < -0.39 is 0 Å². The van der Waals surface area contributed by atoms with Crippen molar-refractivity contribution in [3.05, 3.63) is 109 Å². The molecule has 334 valence electrons. The summed E-state index contributed by atoms with van der Waals surface area (Å²) in [5.74, 6) is 7.16. The van der Waals surface area contributed by atoms with Gasteiger partial charge in [-0.2, -0.15) is 0 Å². The first-order chi connectivity index (χ1) is 32.3. The molecule has 6 aliphatic carbocycles. The lowest BCUT2D eigenvalue weighted by molar-refractivity contribution is -0.0764. The number of rotatable bonds is 4. The number of fused-ring (bicyclic) bond motifs is 15. The molecule has 10 fully saturated rings. The molecular weight excluding hydrogens is 791 g/mol. The summed E-state index contributed by atoms with van der Waals surface area (Å²) in [6.07, 6.45) is 24.0. The minimum Gasteiger partial charge on any atom is -0.375 e. The number of hydrogen-bond donors (Lipinski definition) is 0. The van der Waals surface area contributed by atoms with Crippen molar-refractivity contribution < 1.29 is 4.74 Å². The normalized spacial score (nSPS) is 41.8. The molecule has 4 saturated heterocycles. The highest BCUT2D eigenvalue weighted by atomic mass is 16.5. The molecule has 5 aliphatic heterocycles. The van der Waals surface area contributed by atoms with E-state index in [2.05, 4.69) is 124 Å². The zero-order valence-corrected chi connectivity index (χ0v) is 38.5. The molecule has 15 rings (SSSR count). The number of ether oxygens (including phenoxy) is 1. The van der Waals surface area contributed by atoms with Crippen LogP contribution < -0.4 is 10.4 Å². The molecule has 0 N–H and O–H groups in total. The second kappa shape index (κ2) is 15.2. The van der Waals surface area contributed by atoms with E-state index >= 15 is 0 Å². The summed E-state index contributed by atoms with van der Waals surface area (Å²) in [7, 11) is 0. The number of hydrogen-bond acceptors (Lipinski definition) is 5. The van der Waals surface area contributed by atoms with Crippen LogP contribution in [-0.2, 0) is 4.74 Å². The maximum absolute atomic E-state index is 7.71. The number of benzene rings is 4. The molecule has 17 atom stereocenters. The van der Waals surface area contributed by atoms with Gasteiger partial charge in [0.1, 0.15) is 0 Å². The number of guanidine groups is 1. The maximum atomic E-state index is 7.71.